The Hall–Kier alpha value is -2.81. The van der Waals surface area contributed by atoms with E-state index in [4.69, 9.17) is 4.74 Å². The van der Waals surface area contributed by atoms with Crippen molar-refractivity contribution in [1.29, 1.82) is 0 Å². The smallest absolute Gasteiger partial charge is 0.426 e. The van der Waals surface area contributed by atoms with Gasteiger partial charge in [0.2, 0.25) is 0 Å². The second-order valence-corrected chi connectivity index (χ2v) is 13.2. The lowest BCUT2D eigenvalue weighted by molar-refractivity contribution is -0.143. The predicted octanol–water partition coefficient (Wildman–Crippen LogP) is 3.77. The van der Waals surface area contributed by atoms with Gasteiger partial charge in [0, 0.05) is 0 Å². The van der Waals surface area contributed by atoms with Crippen molar-refractivity contribution in [3.8, 4) is 5.75 Å². The van der Waals surface area contributed by atoms with E-state index in [0.717, 1.165) is 17.7 Å². The van der Waals surface area contributed by atoms with Crippen LogP contribution in [0.25, 0.3) is 5.53 Å². The van der Waals surface area contributed by atoms with Crippen molar-refractivity contribution < 1.29 is 31.2 Å². The molecule has 0 radical (unpaired) electrons. The average Bonchev–Trinajstić information content (AvgIpc) is 2.67. The summed E-state index contributed by atoms with van der Waals surface area (Å²) < 4.78 is 55.5. The first-order valence-corrected chi connectivity index (χ1v) is 12.6. The third kappa shape index (κ3) is 5.32. The number of hydrogen-bond donors (Lipinski definition) is 0. The summed E-state index contributed by atoms with van der Waals surface area (Å²) in [6, 6.07) is 10.3. The highest BCUT2D eigenvalue weighted by Gasteiger charge is 2.44. The van der Waals surface area contributed by atoms with E-state index in [0.29, 0.717) is 0 Å². The van der Waals surface area contributed by atoms with Gasteiger partial charge in [-0.1, -0.05) is 32.9 Å². The highest BCUT2D eigenvalue weighted by atomic mass is 32.3. The molecule has 0 saturated heterocycles. The number of nitrogens with zero attached hydrogens (tertiary/aromatic N) is 2. The van der Waals surface area contributed by atoms with Crippen LogP contribution in [0.2, 0.25) is 0 Å². The van der Waals surface area contributed by atoms with E-state index < -0.39 is 40.3 Å². The molecule has 0 aliphatic carbocycles. The van der Waals surface area contributed by atoms with Crippen molar-refractivity contribution in [3.63, 3.8) is 0 Å². The van der Waals surface area contributed by atoms with Gasteiger partial charge in [0.1, 0.15) is 5.75 Å². The first-order valence-electron chi connectivity index (χ1n) is 9.66. The molecule has 0 N–H and O–H groups in total. The summed E-state index contributed by atoms with van der Waals surface area (Å²) in [4.78, 5) is 13.8. The first-order chi connectivity index (χ1) is 14.5. The molecule has 0 saturated carbocycles. The molecule has 0 atom stereocenters. The number of carbonyl (C=O) groups is 1. The van der Waals surface area contributed by atoms with Gasteiger partial charge in [-0.25, -0.2) is 16.8 Å². The molecule has 8 nitrogen and oxygen atoms in total. The minimum atomic E-state index is -4.70. The summed E-state index contributed by atoms with van der Waals surface area (Å²) in [5.41, 5.74) is 9.17. The molecule has 32 heavy (non-hydrogen) atoms. The summed E-state index contributed by atoms with van der Waals surface area (Å²) in [6.07, 6.45) is 0. The molecular weight excluding hydrogens is 452 g/mol. The Morgan fingerprint density at radius 1 is 0.781 bits per heavy atom. The second kappa shape index (κ2) is 8.61. The van der Waals surface area contributed by atoms with Crippen LogP contribution in [0.1, 0.15) is 47.1 Å². The number of carbonyl (C=O) groups excluding carboxylic acids is 1. The minimum Gasteiger partial charge on any atom is -0.426 e. The maximum absolute atomic E-state index is 12.9. The molecule has 10 heteroatoms. The van der Waals surface area contributed by atoms with Gasteiger partial charge in [-0.3, -0.25) is 4.79 Å². The molecule has 0 unspecified atom stereocenters. The molecule has 0 heterocycles. The van der Waals surface area contributed by atoms with Crippen LogP contribution in [0.3, 0.4) is 0 Å². The monoisotopic (exact) mass is 478 g/mol. The molecule has 172 valence electrons. The van der Waals surface area contributed by atoms with Gasteiger partial charge in [0.25, 0.3) is 19.7 Å². The molecule has 0 aliphatic rings. The van der Waals surface area contributed by atoms with E-state index in [1.165, 1.54) is 24.3 Å². The molecule has 2 aromatic rings. The third-order valence-corrected chi connectivity index (χ3v) is 8.71. The van der Waals surface area contributed by atoms with E-state index in [9.17, 15) is 27.2 Å². The number of rotatable bonds is 3. The predicted molar refractivity (Wildman–Crippen MR) is 120 cm³/mol. The molecule has 0 aliphatic heterocycles. The van der Waals surface area contributed by atoms with Gasteiger partial charge in [0.15, 0.2) is 0 Å². The fourth-order valence-electron chi connectivity index (χ4n) is 2.53. The Bertz CT molecular complexity index is 1270. The highest BCUT2D eigenvalue weighted by molar-refractivity contribution is 8.31. The molecule has 0 bridgehead atoms. The second-order valence-electron chi connectivity index (χ2n) is 9.26. The Morgan fingerprint density at radius 3 is 1.53 bits per heavy atom. The summed E-state index contributed by atoms with van der Waals surface area (Å²) in [6.45, 7) is 10.8. The molecule has 0 amide bonds. The summed E-state index contributed by atoms with van der Waals surface area (Å²) in [5, 5.41) is 0. The Kier molecular flexibility index (Phi) is 6.85. The Morgan fingerprint density at radius 2 is 1.19 bits per heavy atom. The maximum atomic E-state index is 12.9. The van der Waals surface area contributed by atoms with Gasteiger partial charge in [-0.15, -0.1) is 4.79 Å². The summed E-state index contributed by atoms with van der Waals surface area (Å²) >= 11 is 0. The van der Waals surface area contributed by atoms with Crippen LogP contribution in [-0.2, 0) is 29.9 Å². The van der Waals surface area contributed by atoms with Gasteiger partial charge in [-0.05, 0) is 68.1 Å². The Labute approximate surface area is 188 Å². The molecular formula is C22H26N2O6S2. The summed E-state index contributed by atoms with van der Waals surface area (Å²) in [5.74, 6) is -0.431. The first kappa shape index (κ1) is 25.5. The molecule has 0 spiro atoms. The fraction of sp³-hybridized carbons (Fsp3) is 0.364. The normalized spacial score (nSPS) is 12.7. The van der Waals surface area contributed by atoms with Gasteiger partial charge in [0.05, 0.1) is 15.2 Å². The van der Waals surface area contributed by atoms with Crippen LogP contribution in [0.5, 0.6) is 5.75 Å². The van der Waals surface area contributed by atoms with Crippen molar-refractivity contribution >= 4 is 30.0 Å². The SMILES string of the molecule is CC(C)(C)C(=O)Oc1ccc(S(=O)(=O)C(=[N+]=[N-])S(=O)(=O)c2ccc(C(C)(C)C)cc2)cc1. The van der Waals surface area contributed by atoms with E-state index in [1.807, 2.05) is 20.8 Å². The summed E-state index contributed by atoms with van der Waals surface area (Å²) in [7, 11) is -9.34. The lowest BCUT2D eigenvalue weighted by Crippen LogP contribution is -2.27. The largest absolute Gasteiger partial charge is 0.504 e. The molecule has 2 rings (SSSR count). The fourth-order valence-corrected chi connectivity index (χ4v) is 5.87. The van der Waals surface area contributed by atoms with E-state index in [1.54, 1.807) is 32.9 Å². The van der Waals surface area contributed by atoms with Crippen molar-refractivity contribution in [2.75, 3.05) is 0 Å². The average molecular weight is 479 g/mol. The quantitative estimate of drug-likeness (QED) is 0.165. The van der Waals surface area contributed by atoms with Crippen LogP contribution in [0, 0.1) is 5.41 Å². The number of ether oxygens (including phenoxy) is 1. The van der Waals surface area contributed by atoms with Gasteiger partial charge in [-0.2, -0.15) is 0 Å². The number of benzene rings is 2. The van der Waals surface area contributed by atoms with Crippen LogP contribution in [0.4, 0.5) is 0 Å². The highest BCUT2D eigenvalue weighted by Crippen LogP contribution is 2.27. The zero-order valence-electron chi connectivity index (χ0n) is 18.8. The Balaban J connectivity index is 2.41. The number of esters is 1. The van der Waals surface area contributed by atoms with Gasteiger partial charge >= 0.3 is 10.3 Å². The minimum absolute atomic E-state index is 0.0898. The standard InChI is InChI=1S/C22H26N2O6S2/c1-21(2,3)15-7-11-17(12-8-15)31(26,27)20(24-23)32(28,29)18-13-9-16(10-14-18)30-19(25)22(4,5)6/h7-14H,1-6H3. The van der Waals surface area contributed by atoms with Crippen LogP contribution in [0.15, 0.2) is 58.3 Å². The van der Waals surface area contributed by atoms with E-state index in [-0.39, 0.29) is 16.1 Å². The molecule has 0 aromatic heterocycles. The van der Waals surface area contributed by atoms with Crippen molar-refractivity contribution in [2.24, 2.45) is 5.41 Å². The van der Waals surface area contributed by atoms with Crippen molar-refractivity contribution in [3.05, 3.63) is 59.6 Å². The zero-order valence-corrected chi connectivity index (χ0v) is 20.4. The van der Waals surface area contributed by atoms with Crippen LogP contribution < -0.4 is 4.74 Å². The number of hydrogen-bond acceptors (Lipinski definition) is 6. The van der Waals surface area contributed by atoms with Crippen molar-refractivity contribution in [1.82, 2.24) is 0 Å². The zero-order chi connectivity index (χ0) is 24.5. The maximum Gasteiger partial charge on any atom is 0.504 e. The van der Waals surface area contributed by atoms with Crippen LogP contribution in [-0.4, -0.2) is 32.0 Å². The van der Waals surface area contributed by atoms with E-state index >= 15 is 0 Å². The van der Waals surface area contributed by atoms with Gasteiger partial charge < -0.3 is 10.3 Å². The van der Waals surface area contributed by atoms with Crippen LogP contribution >= 0.6 is 0 Å². The topological polar surface area (TPSA) is 131 Å². The number of sulfone groups is 2. The lowest BCUT2D eigenvalue weighted by Gasteiger charge is -2.18. The molecule has 0 fully saturated rings. The van der Waals surface area contributed by atoms with E-state index in [2.05, 4.69) is 4.79 Å². The van der Waals surface area contributed by atoms with Crippen molar-refractivity contribution in [2.45, 2.75) is 56.7 Å². The molecule has 2 aromatic carbocycles. The lowest BCUT2D eigenvalue weighted by atomic mass is 9.87. The third-order valence-electron chi connectivity index (χ3n) is 4.53.